The van der Waals surface area contributed by atoms with E-state index in [0.29, 0.717) is 42.3 Å². The highest BCUT2D eigenvalue weighted by Crippen LogP contribution is 2.30. The highest BCUT2D eigenvalue weighted by molar-refractivity contribution is 6.31. The van der Waals surface area contributed by atoms with Gasteiger partial charge < -0.3 is 9.64 Å². The van der Waals surface area contributed by atoms with E-state index >= 15 is 0 Å². The first-order valence-electron chi connectivity index (χ1n) is 7.81. The van der Waals surface area contributed by atoms with Crippen LogP contribution in [0.4, 0.5) is 19.0 Å². The Labute approximate surface area is 147 Å². The van der Waals surface area contributed by atoms with Gasteiger partial charge in [0, 0.05) is 25.4 Å². The van der Waals surface area contributed by atoms with Crippen LogP contribution in [0.2, 0.25) is 5.02 Å². The minimum atomic E-state index is -4.47. The van der Waals surface area contributed by atoms with Crippen molar-refractivity contribution in [3.8, 4) is 5.88 Å². The molecule has 5 nitrogen and oxygen atoms in total. The molecule has 3 rings (SSSR count). The number of halogens is 4. The van der Waals surface area contributed by atoms with Crippen LogP contribution < -0.4 is 9.64 Å². The molecule has 1 saturated heterocycles. The van der Waals surface area contributed by atoms with Crippen molar-refractivity contribution in [3.63, 3.8) is 0 Å². The van der Waals surface area contributed by atoms with Crippen LogP contribution in [0.1, 0.15) is 18.5 Å². The highest BCUT2D eigenvalue weighted by atomic mass is 35.5. The number of ether oxygens (including phenoxy) is 1. The maximum Gasteiger partial charge on any atom is 0.433 e. The summed E-state index contributed by atoms with van der Waals surface area (Å²) in [6.07, 6.45) is -0.328. The first kappa shape index (κ1) is 17.7. The molecule has 0 saturated carbocycles. The second kappa shape index (κ2) is 7.43. The Kier molecular flexibility index (Phi) is 5.27. The highest BCUT2D eigenvalue weighted by Gasteiger charge is 2.33. The first-order valence-corrected chi connectivity index (χ1v) is 8.19. The molecular formula is C16H16ClF3N4O. The average molecular weight is 373 g/mol. The lowest BCUT2D eigenvalue weighted by atomic mass is 9.98. The van der Waals surface area contributed by atoms with E-state index in [0.717, 1.165) is 25.2 Å². The summed E-state index contributed by atoms with van der Waals surface area (Å²) in [5.41, 5.74) is -0.923. The Balaban J connectivity index is 1.55. The number of nitrogens with zero attached hydrogens (tertiary/aromatic N) is 4. The van der Waals surface area contributed by atoms with Crippen LogP contribution >= 0.6 is 11.6 Å². The maximum atomic E-state index is 12.7. The molecule has 0 atom stereocenters. The first-order chi connectivity index (χ1) is 11.9. The average Bonchev–Trinajstić information content (AvgIpc) is 2.61. The molecule has 0 bridgehead atoms. The molecule has 134 valence electrons. The maximum absolute atomic E-state index is 12.7. The van der Waals surface area contributed by atoms with Crippen molar-refractivity contribution in [2.45, 2.75) is 19.0 Å². The van der Waals surface area contributed by atoms with Crippen LogP contribution in [0.3, 0.4) is 0 Å². The lowest BCUT2D eigenvalue weighted by Gasteiger charge is -2.32. The Hall–Kier alpha value is -2.09. The van der Waals surface area contributed by atoms with Crippen molar-refractivity contribution in [1.29, 1.82) is 0 Å². The summed E-state index contributed by atoms with van der Waals surface area (Å²) in [4.78, 5) is 13.2. The number of aromatic nitrogens is 3. The number of anilines is 1. The summed E-state index contributed by atoms with van der Waals surface area (Å²) >= 11 is 5.99. The smallest absolute Gasteiger partial charge is 0.433 e. The quantitative estimate of drug-likeness (QED) is 0.816. The second-order valence-electron chi connectivity index (χ2n) is 5.79. The SMILES string of the molecule is FC(F)(F)c1cc(N2CCC(COc3ncccc3Cl)CC2)ncn1. The van der Waals surface area contributed by atoms with Crippen molar-refractivity contribution < 1.29 is 17.9 Å². The topological polar surface area (TPSA) is 51.1 Å². The lowest BCUT2D eigenvalue weighted by Crippen LogP contribution is -2.36. The fourth-order valence-corrected chi connectivity index (χ4v) is 2.85. The van der Waals surface area contributed by atoms with Crippen LogP contribution in [-0.4, -0.2) is 34.6 Å². The molecule has 9 heteroatoms. The van der Waals surface area contributed by atoms with Gasteiger partial charge in [0.1, 0.15) is 22.9 Å². The minimum absolute atomic E-state index is 0.290. The summed E-state index contributed by atoms with van der Waals surface area (Å²) in [6, 6.07) is 4.43. The van der Waals surface area contributed by atoms with E-state index in [1.807, 2.05) is 4.90 Å². The summed E-state index contributed by atoms with van der Waals surface area (Å²) in [7, 11) is 0. The van der Waals surface area contributed by atoms with Crippen molar-refractivity contribution in [2.75, 3.05) is 24.6 Å². The number of hydrogen-bond acceptors (Lipinski definition) is 5. The molecule has 0 aliphatic carbocycles. The lowest BCUT2D eigenvalue weighted by molar-refractivity contribution is -0.141. The Morgan fingerprint density at radius 1 is 1.20 bits per heavy atom. The molecule has 1 aliphatic rings. The minimum Gasteiger partial charge on any atom is -0.476 e. The zero-order valence-electron chi connectivity index (χ0n) is 13.2. The van der Waals surface area contributed by atoms with Gasteiger partial charge in [-0.3, -0.25) is 0 Å². The molecule has 1 fully saturated rings. The number of alkyl halides is 3. The molecule has 0 aromatic carbocycles. The van der Waals surface area contributed by atoms with E-state index in [4.69, 9.17) is 16.3 Å². The fraction of sp³-hybridized carbons (Fsp3) is 0.438. The van der Waals surface area contributed by atoms with Gasteiger partial charge in [0.15, 0.2) is 0 Å². The summed E-state index contributed by atoms with van der Waals surface area (Å²) in [6.45, 7) is 1.69. The van der Waals surface area contributed by atoms with Gasteiger partial charge in [-0.2, -0.15) is 13.2 Å². The zero-order valence-corrected chi connectivity index (χ0v) is 14.0. The second-order valence-corrected chi connectivity index (χ2v) is 6.20. The fourth-order valence-electron chi connectivity index (χ4n) is 2.68. The predicted molar refractivity (Wildman–Crippen MR) is 86.7 cm³/mol. The third-order valence-electron chi connectivity index (χ3n) is 4.06. The largest absolute Gasteiger partial charge is 0.476 e. The molecule has 2 aromatic heterocycles. The van der Waals surface area contributed by atoms with E-state index in [2.05, 4.69) is 15.0 Å². The zero-order chi connectivity index (χ0) is 17.9. The van der Waals surface area contributed by atoms with Gasteiger partial charge >= 0.3 is 6.18 Å². The number of rotatable bonds is 4. The van der Waals surface area contributed by atoms with E-state index < -0.39 is 11.9 Å². The van der Waals surface area contributed by atoms with Gasteiger partial charge in [0.05, 0.1) is 6.61 Å². The van der Waals surface area contributed by atoms with Gasteiger partial charge in [-0.25, -0.2) is 15.0 Å². The van der Waals surface area contributed by atoms with E-state index in [1.54, 1.807) is 18.3 Å². The van der Waals surface area contributed by atoms with Crippen LogP contribution in [0.15, 0.2) is 30.7 Å². The van der Waals surface area contributed by atoms with E-state index in [-0.39, 0.29) is 0 Å². The number of pyridine rings is 1. The number of hydrogen-bond donors (Lipinski definition) is 0. The Morgan fingerprint density at radius 2 is 1.96 bits per heavy atom. The standard InChI is InChI=1S/C16H16ClF3N4O/c17-12-2-1-5-21-15(12)25-9-11-3-6-24(7-4-11)14-8-13(16(18,19)20)22-10-23-14/h1-2,5,8,10-11H,3-4,6-7,9H2. The van der Waals surface area contributed by atoms with Crippen molar-refractivity contribution in [1.82, 2.24) is 15.0 Å². The summed E-state index contributed by atoms with van der Waals surface area (Å²) in [5.74, 6) is 0.991. The van der Waals surface area contributed by atoms with Crippen molar-refractivity contribution in [2.24, 2.45) is 5.92 Å². The van der Waals surface area contributed by atoms with Crippen LogP contribution in [0.5, 0.6) is 5.88 Å². The van der Waals surface area contributed by atoms with Gasteiger partial charge in [-0.1, -0.05) is 11.6 Å². The van der Waals surface area contributed by atoms with Gasteiger partial charge in [-0.05, 0) is 30.9 Å². The molecule has 0 radical (unpaired) electrons. The molecular weight excluding hydrogens is 357 g/mol. The molecule has 2 aromatic rings. The third-order valence-corrected chi connectivity index (χ3v) is 4.35. The molecule has 0 N–H and O–H groups in total. The van der Waals surface area contributed by atoms with Crippen LogP contribution in [-0.2, 0) is 6.18 Å². The normalized spacial score (nSPS) is 16.1. The summed E-state index contributed by atoms with van der Waals surface area (Å²) < 4.78 is 43.9. The molecule has 0 amide bonds. The van der Waals surface area contributed by atoms with Gasteiger partial charge in [0.2, 0.25) is 5.88 Å². The molecule has 1 aliphatic heterocycles. The molecule has 25 heavy (non-hydrogen) atoms. The predicted octanol–water partition coefficient (Wildman–Crippen LogP) is 3.84. The molecule has 3 heterocycles. The Morgan fingerprint density at radius 3 is 2.64 bits per heavy atom. The van der Waals surface area contributed by atoms with Gasteiger partial charge in [-0.15, -0.1) is 0 Å². The monoisotopic (exact) mass is 372 g/mol. The van der Waals surface area contributed by atoms with Gasteiger partial charge in [0.25, 0.3) is 0 Å². The van der Waals surface area contributed by atoms with Crippen molar-refractivity contribution >= 4 is 17.4 Å². The molecule has 0 spiro atoms. The van der Waals surface area contributed by atoms with E-state index in [1.165, 1.54) is 0 Å². The third kappa shape index (κ3) is 4.50. The van der Waals surface area contributed by atoms with Crippen LogP contribution in [0, 0.1) is 5.92 Å². The number of piperidine rings is 1. The van der Waals surface area contributed by atoms with Crippen molar-refractivity contribution in [3.05, 3.63) is 41.4 Å². The molecule has 0 unspecified atom stereocenters. The summed E-state index contributed by atoms with van der Waals surface area (Å²) in [5, 5.41) is 0.459. The van der Waals surface area contributed by atoms with E-state index in [9.17, 15) is 13.2 Å². The van der Waals surface area contributed by atoms with Crippen LogP contribution in [0.25, 0.3) is 0 Å². The Bertz CT molecular complexity index is 721.